The van der Waals surface area contributed by atoms with E-state index in [1.807, 2.05) is 25.7 Å². The van der Waals surface area contributed by atoms with Gasteiger partial charge in [0.15, 0.2) is 0 Å². The second-order valence-corrected chi connectivity index (χ2v) is 4.61. The summed E-state index contributed by atoms with van der Waals surface area (Å²) in [4.78, 5) is 2.13. The van der Waals surface area contributed by atoms with E-state index in [-0.39, 0.29) is 0 Å². The summed E-state index contributed by atoms with van der Waals surface area (Å²) in [5.41, 5.74) is 10.3. The molecule has 1 heterocycles. The Bertz CT molecular complexity index is 540. The third-order valence-corrected chi connectivity index (χ3v) is 3.26. The van der Waals surface area contributed by atoms with Crippen molar-refractivity contribution in [2.75, 3.05) is 11.9 Å². The minimum atomic E-state index is 0.505. The van der Waals surface area contributed by atoms with E-state index in [2.05, 4.69) is 41.2 Å². The van der Waals surface area contributed by atoms with Gasteiger partial charge in [-0.3, -0.25) is 4.68 Å². The van der Waals surface area contributed by atoms with Crippen molar-refractivity contribution < 1.29 is 0 Å². The molecule has 0 spiro atoms. The molecule has 0 saturated carbocycles. The normalized spacial score (nSPS) is 10.7. The van der Waals surface area contributed by atoms with Gasteiger partial charge in [0.05, 0.1) is 5.69 Å². The molecular formula is C14H20N4. The number of hydrogen-bond donors (Lipinski definition) is 1. The molecule has 0 aliphatic rings. The van der Waals surface area contributed by atoms with Crippen LogP contribution in [0.15, 0.2) is 24.3 Å². The van der Waals surface area contributed by atoms with Crippen LogP contribution in [0.25, 0.3) is 0 Å². The summed E-state index contributed by atoms with van der Waals surface area (Å²) in [6.07, 6.45) is 0. The molecule has 0 saturated heterocycles. The smallest absolute Gasteiger partial charge is 0.135 e. The van der Waals surface area contributed by atoms with Crippen molar-refractivity contribution in [1.29, 1.82) is 0 Å². The van der Waals surface area contributed by atoms with Crippen LogP contribution in [0.4, 0.5) is 11.5 Å². The average Bonchev–Trinajstić information content (AvgIpc) is 2.63. The molecule has 4 heteroatoms. The first-order valence-electron chi connectivity index (χ1n) is 6.07. The first-order valence-corrected chi connectivity index (χ1v) is 6.07. The monoisotopic (exact) mass is 244 g/mol. The molecule has 1 aromatic carbocycles. The zero-order chi connectivity index (χ0) is 13.3. The van der Waals surface area contributed by atoms with Crippen molar-refractivity contribution in [3.8, 4) is 0 Å². The van der Waals surface area contributed by atoms with Crippen LogP contribution in [0.5, 0.6) is 0 Å². The van der Waals surface area contributed by atoms with Gasteiger partial charge in [0.1, 0.15) is 5.82 Å². The van der Waals surface area contributed by atoms with Crippen LogP contribution in [0.3, 0.4) is 0 Å². The largest absolute Gasteiger partial charge is 0.329 e. The number of benzene rings is 1. The van der Waals surface area contributed by atoms with Gasteiger partial charge >= 0.3 is 0 Å². The molecule has 2 rings (SSSR count). The summed E-state index contributed by atoms with van der Waals surface area (Å²) >= 11 is 0. The van der Waals surface area contributed by atoms with Gasteiger partial charge in [-0.05, 0) is 26.0 Å². The molecule has 0 radical (unpaired) electrons. The Morgan fingerprint density at radius 3 is 2.39 bits per heavy atom. The van der Waals surface area contributed by atoms with Crippen molar-refractivity contribution in [2.24, 2.45) is 12.8 Å². The van der Waals surface area contributed by atoms with Crippen LogP contribution in [0.1, 0.15) is 16.8 Å². The number of nitrogens with two attached hydrogens (primary N) is 1. The summed E-state index contributed by atoms with van der Waals surface area (Å²) in [7, 11) is 3.99. The third kappa shape index (κ3) is 2.11. The van der Waals surface area contributed by atoms with Gasteiger partial charge in [0, 0.05) is 31.9 Å². The highest BCUT2D eigenvalue weighted by Crippen LogP contribution is 2.28. The van der Waals surface area contributed by atoms with Crippen LogP contribution in [0, 0.1) is 13.8 Å². The van der Waals surface area contributed by atoms with Gasteiger partial charge in [0.2, 0.25) is 0 Å². The summed E-state index contributed by atoms with van der Waals surface area (Å²) in [6.45, 7) is 4.59. The SMILES string of the molecule is Cc1ccc(N(C)c2c(CN)c(C)nn2C)cc1. The van der Waals surface area contributed by atoms with Crippen LogP contribution < -0.4 is 10.6 Å². The highest BCUT2D eigenvalue weighted by Gasteiger charge is 2.16. The standard InChI is InChI=1S/C14H20N4/c1-10-5-7-12(8-6-10)17(3)14-13(9-15)11(2)16-18(14)4/h5-8H,9,15H2,1-4H3. The van der Waals surface area contributed by atoms with E-state index < -0.39 is 0 Å². The summed E-state index contributed by atoms with van der Waals surface area (Å²) < 4.78 is 1.89. The molecule has 2 aromatic rings. The molecule has 2 N–H and O–H groups in total. The van der Waals surface area contributed by atoms with Gasteiger partial charge in [-0.1, -0.05) is 17.7 Å². The third-order valence-electron chi connectivity index (χ3n) is 3.26. The van der Waals surface area contributed by atoms with Crippen molar-refractivity contribution in [1.82, 2.24) is 9.78 Å². The molecule has 0 aliphatic heterocycles. The Morgan fingerprint density at radius 2 is 1.83 bits per heavy atom. The van der Waals surface area contributed by atoms with Crippen LogP contribution >= 0.6 is 0 Å². The lowest BCUT2D eigenvalue weighted by molar-refractivity contribution is 0.750. The molecule has 0 unspecified atom stereocenters. The molecular weight excluding hydrogens is 224 g/mol. The predicted molar refractivity (Wildman–Crippen MR) is 75.1 cm³/mol. The summed E-state index contributed by atoms with van der Waals surface area (Å²) in [6, 6.07) is 8.43. The fourth-order valence-electron chi connectivity index (χ4n) is 2.24. The minimum Gasteiger partial charge on any atom is -0.329 e. The van der Waals surface area contributed by atoms with Crippen LogP contribution in [-0.2, 0) is 13.6 Å². The van der Waals surface area contributed by atoms with E-state index in [0.717, 1.165) is 22.8 Å². The fraction of sp³-hybridized carbons (Fsp3) is 0.357. The highest BCUT2D eigenvalue weighted by atomic mass is 15.4. The fourth-order valence-corrected chi connectivity index (χ4v) is 2.24. The van der Waals surface area contributed by atoms with Crippen molar-refractivity contribution >= 4 is 11.5 Å². The quantitative estimate of drug-likeness (QED) is 0.901. The van der Waals surface area contributed by atoms with Gasteiger partial charge in [0.25, 0.3) is 0 Å². The van der Waals surface area contributed by atoms with Crippen molar-refractivity contribution in [3.05, 3.63) is 41.1 Å². The second-order valence-electron chi connectivity index (χ2n) is 4.61. The lowest BCUT2D eigenvalue weighted by Crippen LogP contribution is -2.16. The summed E-state index contributed by atoms with van der Waals surface area (Å²) in [5, 5.41) is 4.44. The molecule has 18 heavy (non-hydrogen) atoms. The van der Waals surface area contributed by atoms with Gasteiger partial charge in [-0.25, -0.2) is 0 Å². The topological polar surface area (TPSA) is 47.1 Å². The highest BCUT2D eigenvalue weighted by molar-refractivity contribution is 5.63. The van der Waals surface area contributed by atoms with E-state index >= 15 is 0 Å². The number of rotatable bonds is 3. The Balaban J connectivity index is 2.45. The molecule has 0 atom stereocenters. The molecule has 0 fully saturated rings. The maximum Gasteiger partial charge on any atom is 0.135 e. The number of aryl methyl sites for hydroxylation is 3. The molecule has 1 aromatic heterocycles. The van der Waals surface area contributed by atoms with E-state index in [1.165, 1.54) is 5.56 Å². The Hall–Kier alpha value is -1.81. The lowest BCUT2D eigenvalue weighted by atomic mass is 10.2. The average molecular weight is 244 g/mol. The Kier molecular flexibility index (Phi) is 3.39. The number of nitrogens with zero attached hydrogens (tertiary/aromatic N) is 3. The van der Waals surface area contributed by atoms with E-state index in [1.54, 1.807) is 0 Å². The zero-order valence-electron chi connectivity index (χ0n) is 11.4. The van der Waals surface area contributed by atoms with Gasteiger partial charge < -0.3 is 10.6 Å². The molecule has 0 bridgehead atoms. The minimum absolute atomic E-state index is 0.505. The predicted octanol–water partition coefficient (Wildman–Crippen LogP) is 2.26. The summed E-state index contributed by atoms with van der Waals surface area (Å²) in [5.74, 6) is 1.05. The number of hydrogen-bond acceptors (Lipinski definition) is 3. The Labute approximate surface area is 108 Å². The maximum absolute atomic E-state index is 5.82. The first-order chi connectivity index (χ1) is 8.54. The molecule has 4 nitrogen and oxygen atoms in total. The molecule has 0 aliphatic carbocycles. The van der Waals surface area contributed by atoms with Crippen LogP contribution in [-0.4, -0.2) is 16.8 Å². The van der Waals surface area contributed by atoms with Gasteiger partial charge in [-0.2, -0.15) is 5.10 Å². The zero-order valence-corrected chi connectivity index (χ0v) is 11.4. The number of aromatic nitrogens is 2. The van der Waals surface area contributed by atoms with Crippen molar-refractivity contribution in [3.63, 3.8) is 0 Å². The Morgan fingerprint density at radius 1 is 1.22 bits per heavy atom. The lowest BCUT2D eigenvalue weighted by Gasteiger charge is -2.21. The van der Waals surface area contributed by atoms with Gasteiger partial charge in [-0.15, -0.1) is 0 Å². The molecule has 96 valence electrons. The second kappa shape index (κ2) is 4.82. The van der Waals surface area contributed by atoms with E-state index in [4.69, 9.17) is 5.73 Å². The van der Waals surface area contributed by atoms with Crippen LogP contribution in [0.2, 0.25) is 0 Å². The van der Waals surface area contributed by atoms with E-state index in [9.17, 15) is 0 Å². The number of anilines is 2. The first kappa shape index (κ1) is 12.6. The van der Waals surface area contributed by atoms with E-state index in [0.29, 0.717) is 6.54 Å². The maximum atomic E-state index is 5.82. The molecule has 0 amide bonds. The van der Waals surface area contributed by atoms with Crippen molar-refractivity contribution in [2.45, 2.75) is 20.4 Å².